The first-order chi connectivity index (χ1) is 4.83. The van der Waals surface area contributed by atoms with Gasteiger partial charge in [-0.25, -0.2) is 0 Å². The topological polar surface area (TPSA) is 44.3 Å². The van der Waals surface area contributed by atoms with Gasteiger partial charge in [0.2, 0.25) is 0 Å². The first-order valence-corrected chi connectivity index (χ1v) is 3.95. The number of hydrogen-bond acceptors (Lipinski definition) is 3. The molecule has 10 heavy (non-hydrogen) atoms. The highest BCUT2D eigenvalue weighted by atomic mass is 16.3. The van der Waals surface area contributed by atoms with Gasteiger partial charge in [-0.2, -0.15) is 0 Å². The molecule has 60 valence electrons. The molecule has 1 aliphatic heterocycles. The van der Waals surface area contributed by atoms with Crippen LogP contribution >= 0.6 is 0 Å². The second-order valence-corrected chi connectivity index (χ2v) is 2.80. The van der Waals surface area contributed by atoms with Gasteiger partial charge in [0.25, 0.3) is 0 Å². The van der Waals surface area contributed by atoms with Crippen LogP contribution in [0.1, 0.15) is 13.3 Å². The molecular formula is C7H16N2O. The lowest BCUT2D eigenvalue weighted by molar-refractivity contribution is 0.193. The van der Waals surface area contributed by atoms with E-state index in [0.29, 0.717) is 6.04 Å². The number of nitrogens with one attached hydrogen (secondary N) is 2. The van der Waals surface area contributed by atoms with Gasteiger partial charge < -0.3 is 15.7 Å². The van der Waals surface area contributed by atoms with Gasteiger partial charge in [0, 0.05) is 19.1 Å². The SMILES string of the molecule is CCNCC1CC(O)CN1. The third kappa shape index (κ3) is 2.25. The van der Waals surface area contributed by atoms with E-state index >= 15 is 0 Å². The van der Waals surface area contributed by atoms with E-state index in [0.717, 1.165) is 26.1 Å². The zero-order chi connectivity index (χ0) is 7.40. The van der Waals surface area contributed by atoms with Gasteiger partial charge >= 0.3 is 0 Å². The molecule has 0 spiro atoms. The molecule has 3 heteroatoms. The summed E-state index contributed by atoms with van der Waals surface area (Å²) in [7, 11) is 0. The molecule has 2 unspecified atom stereocenters. The monoisotopic (exact) mass is 144 g/mol. The van der Waals surface area contributed by atoms with Crippen LogP contribution in [-0.4, -0.2) is 36.9 Å². The second kappa shape index (κ2) is 3.91. The molecule has 0 aromatic carbocycles. The summed E-state index contributed by atoms with van der Waals surface area (Å²) in [5, 5.41) is 15.6. The number of aliphatic hydroxyl groups is 1. The van der Waals surface area contributed by atoms with Crippen molar-refractivity contribution in [2.75, 3.05) is 19.6 Å². The Hall–Kier alpha value is -0.120. The summed E-state index contributed by atoms with van der Waals surface area (Å²) in [6.45, 7) is 4.84. The molecule has 1 rings (SSSR count). The number of β-amino-alcohol motifs (C(OH)–C–C–N with tert-alkyl or cyclic N) is 1. The van der Waals surface area contributed by atoms with Crippen molar-refractivity contribution in [3.05, 3.63) is 0 Å². The largest absolute Gasteiger partial charge is 0.392 e. The summed E-state index contributed by atoms with van der Waals surface area (Å²) in [6.07, 6.45) is 0.774. The molecule has 3 nitrogen and oxygen atoms in total. The van der Waals surface area contributed by atoms with Gasteiger partial charge in [-0.05, 0) is 13.0 Å². The van der Waals surface area contributed by atoms with Gasteiger partial charge in [0.1, 0.15) is 0 Å². The highest BCUT2D eigenvalue weighted by Crippen LogP contribution is 2.04. The van der Waals surface area contributed by atoms with Gasteiger partial charge in [0.15, 0.2) is 0 Å². The van der Waals surface area contributed by atoms with Crippen molar-refractivity contribution in [2.45, 2.75) is 25.5 Å². The predicted molar refractivity (Wildman–Crippen MR) is 41.0 cm³/mol. The lowest BCUT2D eigenvalue weighted by atomic mass is 10.2. The molecule has 0 aliphatic carbocycles. The van der Waals surface area contributed by atoms with Crippen LogP contribution in [0.4, 0.5) is 0 Å². The molecule has 1 fully saturated rings. The molecule has 1 heterocycles. The number of aliphatic hydroxyl groups excluding tert-OH is 1. The van der Waals surface area contributed by atoms with E-state index in [2.05, 4.69) is 17.6 Å². The van der Waals surface area contributed by atoms with Crippen LogP contribution in [0.5, 0.6) is 0 Å². The van der Waals surface area contributed by atoms with E-state index in [4.69, 9.17) is 5.11 Å². The maximum atomic E-state index is 9.11. The maximum absolute atomic E-state index is 9.11. The second-order valence-electron chi connectivity index (χ2n) is 2.80. The van der Waals surface area contributed by atoms with Crippen LogP contribution in [0.15, 0.2) is 0 Å². The highest BCUT2D eigenvalue weighted by molar-refractivity contribution is 4.82. The summed E-state index contributed by atoms with van der Waals surface area (Å²) in [5.41, 5.74) is 0. The Bertz CT molecular complexity index is 97.6. The summed E-state index contributed by atoms with van der Waals surface area (Å²) in [4.78, 5) is 0. The van der Waals surface area contributed by atoms with E-state index < -0.39 is 0 Å². The van der Waals surface area contributed by atoms with Gasteiger partial charge in [-0.15, -0.1) is 0 Å². The Balaban J connectivity index is 2.06. The molecule has 0 aromatic rings. The lowest BCUT2D eigenvalue weighted by Gasteiger charge is -2.08. The Morgan fingerprint density at radius 2 is 2.50 bits per heavy atom. The van der Waals surface area contributed by atoms with E-state index in [1.807, 2.05) is 0 Å². The van der Waals surface area contributed by atoms with Gasteiger partial charge in [0.05, 0.1) is 6.10 Å². The molecule has 2 atom stereocenters. The molecule has 0 amide bonds. The van der Waals surface area contributed by atoms with E-state index in [1.165, 1.54) is 0 Å². The number of rotatable bonds is 3. The summed E-state index contributed by atoms with van der Waals surface area (Å²) >= 11 is 0. The fourth-order valence-electron chi connectivity index (χ4n) is 1.27. The number of likely N-dealkylation sites (N-methyl/N-ethyl adjacent to an activating group) is 1. The summed E-state index contributed by atoms with van der Waals surface area (Å²) < 4.78 is 0. The summed E-state index contributed by atoms with van der Waals surface area (Å²) in [6, 6.07) is 0.481. The minimum Gasteiger partial charge on any atom is -0.392 e. The fraction of sp³-hybridized carbons (Fsp3) is 1.00. The normalized spacial score (nSPS) is 33.0. The zero-order valence-corrected chi connectivity index (χ0v) is 6.43. The van der Waals surface area contributed by atoms with Crippen LogP contribution in [0.3, 0.4) is 0 Å². The smallest absolute Gasteiger partial charge is 0.0680 e. The molecule has 1 saturated heterocycles. The third-order valence-electron chi connectivity index (χ3n) is 1.84. The van der Waals surface area contributed by atoms with Crippen molar-refractivity contribution in [1.29, 1.82) is 0 Å². The van der Waals surface area contributed by atoms with E-state index in [9.17, 15) is 0 Å². The molecule has 0 saturated carbocycles. The predicted octanol–water partition coefficient (Wildman–Crippen LogP) is -0.681. The van der Waals surface area contributed by atoms with Crippen molar-refractivity contribution >= 4 is 0 Å². The minimum atomic E-state index is -0.122. The third-order valence-corrected chi connectivity index (χ3v) is 1.84. The molecule has 3 N–H and O–H groups in total. The standard InChI is InChI=1S/C7H16N2O/c1-2-8-4-6-3-7(10)5-9-6/h6-10H,2-5H2,1H3. The van der Waals surface area contributed by atoms with E-state index in [-0.39, 0.29) is 6.10 Å². The van der Waals surface area contributed by atoms with Gasteiger partial charge in [-0.3, -0.25) is 0 Å². The van der Waals surface area contributed by atoms with Crippen molar-refractivity contribution in [2.24, 2.45) is 0 Å². The quantitative estimate of drug-likeness (QED) is 0.491. The average Bonchev–Trinajstić information content (AvgIpc) is 2.31. The number of hydrogen-bond donors (Lipinski definition) is 3. The van der Waals surface area contributed by atoms with Crippen molar-refractivity contribution in [3.63, 3.8) is 0 Å². The first-order valence-electron chi connectivity index (χ1n) is 3.95. The molecular weight excluding hydrogens is 128 g/mol. The Labute approximate surface area is 61.8 Å². The van der Waals surface area contributed by atoms with Crippen molar-refractivity contribution in [3.8, 4) is 0 Å². The molecule has 0 bridgehead atoms. The average molecular weight is 144 g/mol. The van der Waals surface area contributed by atoms with E-state index in [1.54, 1.807) is 0 Å². The fourth-order valence-corrected chi connectivity index (χ4v) is 1.27. The molecule has 0 radical (unpaired) electrons. The Morgan fingerprint density at radius 1 is 1.70 bits per heavy atom. The molecule has 0 aromatic heterocycles. The summed E-state index contributed by atoms with van der Waals surface area (Å²) in [5.74, 6) is 0. The maximum Gasteiger partial charge on any atom is 0.0680 e. The highest BCUT2D eigenvalue weighted by Gasteiger charge is 2.20. The van der Waals surface area contributed by atoms with Gasteiger partial charge in [-0.1, -0.05) is 6.92 Å². The minimum absolute atomic E-state index is 0.122. The Kier molecular flexibility index (Phi) is 3.12. The van der Waals surface area contributed by atoms with Crippen molar-refractivity contribution in [1.82, 2.24) is 10.6 Å². The van der Waals surface area contributed by atoms with Crippen LogP contribution in [-0.2, 0) is 0 Å². The van der Waals surface area contributed by atoms with Crippen molar-refractivity contribution < 1.29 is 5.11 Å². The van der Waals surface area contributed by atoms with Crippen LogP contribution in [0.2, 0.25) is 0 Å². The van der Waals surface area contributed by atoms with Crippen LogP contribution in [0.25, 0.3) is 0 Å². The lowest BCUT2D eigenvalue weighted by Crippen LogP contribution is -2.33. The first kappa shape index (κ1) is 7.98. The Morgan fingerprint density at radius 3 is 3.00 bits per heavy atom. The zero-order valence-electron chi connectivity index (χ0n) is 6.43. The van der Waals surface area contributed by atoms with Crippen LogP contribution in [0, 0.1) is 0 Å². The molecule has 1 aliphatic rings. The van der Waals surface area contributed by atoms with Crippen LogP contribution < -0.4 is 10.6 Å².